The van der Waals surface area contributed by atoms with E-state index >= 15 is 0 Å². The number of ether oxygens (including phenoxy) is 1. The Bertz CT molecular complexity index is 1340. The van der Waals surface area contributed by atoms with Crippen molar-refractivity contribution in [1.29, 1.82) is 0 Å². The Morgan fingerprint density at radius 3 is 2.53 bits per heavy atom. The van der Waals surface area contributed by atoms with E-state index in [1.54, 1.807) is 9.91 Å². The molecule has 2 N–H and O–H groups in total. The maximum absolute atomic E-state index is 13.9. The molecule has 4 rings (SSSR count). The summed E-state index contributed by atoms with van der Waals surface area (Å²) in [4.78, 5) is 56.3. The molecule has 0 spiro atoms. The molecular formula is C32H38N6O5. The van der Waals surface area contributed by atoms with E-state index in [0.717, 1.165) is 16.7 Å². The van der Waals surface area contributed by atoms with Crippen LogP contribution in [0.3, 0.4) is 0 Å². The smallest absolute Gasteiger partial charge is 0.407 e. The number of hydrogen-bond acceptors (Lipinski definition) is 6. The predicted octanol–water partition coefficient (Wildman–Crippen LogP) is 2.63. The van der Waals surface area contributed by atoms with E-state index in [1.807, 2.05) is 61.5 Å². The number of hydrazine groups is 1. The van der Waals surface area contributed by atoms with E-state index in [2.05, 4.69) is 23.1 Å². The van der Waals surface area contributed by atoms with Crippen molar-refractivity contribution < 1.29 is 23.9 Å². The van der Waals surface area contributed by atoms with Crippen molar-refractivity contribution in [3.8, 4) is 12.3 Å². The topological polar surface area (TPSA) is 115 Å². The zero-order chi connectivity index (χ0) is 30.8. The molecule has 11 heteroatoms. The van der Waals surface area contributed by atoms with Gasteiger partial charge in [-0.05, 0) is 30.9 Å². The lowest BCUT2D eigenvalue weighted by molar-refractivity contribution is -0.189. The molecule has 2 aliphatic rings. The molecule has 2 aliphatic heterocycles. The number of aryl methyl sites for hydroxylation is 1. The molecule has 2 heterocycles. The van der Waals surface area contributed by atoms with E-state index < -0.39 is 24.3 Å². The van der Waals surface area contributed by atoms with E-state index in [0.29, 0.717) is 13.0 Å². The number of nitrogens with one attached hydrogen (secondary N) is 2. The number of amides is 5. The van der Waals surface area contributed by atoms with Gasteiger partial charge in [0.05, 0.1) is 19.6 Å². The van der Waals surface area contributed by atoms with Gasteiger partial charge in [0.15, 0.2) is 0 Å². The van der Waals surface area contributed by atoms with Gasteiger partial charge in [-0.2, -0.15) is 5.01 Å². The molecule has 0 saturated carbocycles. The second-order valence-corrected chi connectivity index (χ2v) is 10.5. The first-order valence-corrected chi connectivity index (χ1v) is 14.3. The number of benzene rings is 2. The van der Waals surface area contributed by atoms with Gasteiger partial charge < -0.3 is 25.2 Å². The number of hydrogen-bond donors (Lipinski definition) is 2. The lowest BCUT2D eigenvalue weighted by Gasteiger charge is -2.55. The van der Waals surface area contributed by atoms with Crippen molar-refractivity contribution in [2.24, 2.45) is 0 Å². The molecule has 2 aromatic carbocycles. The fraction of sp³-hybridized carbons (Fsp3) is 0.375. The Balaban J connectivity index is 1.59. The number of rotatable bonds is 11. The fourth-order valence-electron chi connectivity index (χ4n) is 5.30. The van der Waals surface area contributed by atoms with Crippen molar-refractivity contribution in [3.05, 3.63) is 83.9 Å². The van der Waals surface area contributed by atoms with Gasteiger partial charge in [0.2, 0.25) is 11.8 Å². The average molecular weight is 587 g/mol. The maximum atomic E-state index is 13.9. The summed E-state index contributed by atoms with van der Waals surface area (Å²) in [5.41, 5.74) is 2.95. The van der Waals surface area contributed by atoms with Gasteiger partial charge in [0, 0.05) is 19.6 Å². The van der Waals surface area contributed by atoms with Gasteiger partial charge in [-0.15, -0.1) is 6.42 Å². The zero-order valence-corrected chi connectivity index (χ0v) is 24.4. The van der Waals surface area contributed by atoms with Crippen molar-refractivity contribution >= 4 is 23.9 Å². The van der Waals surface area contributed by atoms with Gasteiger partial charge in [0.25, 0.3) is 0 Å². The molecule has 0 radical (unpaired) electrons. The lowest BCUT2D eigenvalue weighted by Crippen LogP contribution is -2.76. The van der Waals surface area contributed by atoms with Crippen LogP contribution in [0.1, 0.15) is 29.5 Å². The number of piperazine rings is 1. The number of carbonyl (C=O) groups excluding carboxylic acids is 4. The predicted molar refractivity (Wildman–Crippen MR) is 161 cm³/mol. The van der Waals surface area contributed by atoms with Crippen molar-refractivity contribution in [2.45, 2.75) is 45.1 Å². The normalized spacial score (nSPS) is 18.5. The Morgan fingerprint density at radius 2 is 1.84 bits per heavy atom. The Morgan fingerprint density at radius 1 is 1.09 bits per heavy atom. The van der Waals surface area contributed by atoms with Crippen LogP contribution in [0.2, 0.25) is 0 Å². The summed E-state index contributed by atoms with van der Waals surface area (Å²) < 4.78 is 4.95. The highest BCUT2D eigenvalue weighted by Crippen LogP contribution is 2.29. The van der Waals surface area contributed by atoms with Crippen LogP contribution >= 0.6 is 0 Å². The van der Waals surface area contributed by atoms with Crippen LogP contribution in [0.15, 0.2) is 67.3 Å². The number of urea groups is 1. The maximum Gasteiger partial charge on any atom is 0.407 e. The molecule has 2 saturated heterocycles. The quantitative estimate of drug-likeness (QED) is 0.238. The molecule has 5 amide bonds. The molecule has 0 bridgehead atoms. The second-order valence-electron chi connectivity index (χ2n) is 10.5. The number of carbonyl (C=O) groups is 4. The zero-order valence-electron chi connectivity index (χ0n) is 24.4. The number of alkyl carbamates (subject to hydrolysis) is 1. The molecule has 2 fully saturated rings. The highest BCUT2D eigenvalue weighted by molar-refractivity contribution is 5.91. The first-order valence-electron chi connectivity index (χ1n) is 14.3. The monoisotopic (exact) mass is 586 g/mol. The molecule has 2 aromatic rings. The Kier molecular flexibility index (Phi) is 10.8. The third-order valence-electron chi connectivity index (χ3n) is 7.35. The van der Waals surface area contributed by atoms with Crippen LogP contribution in [0, 0.1) is 19.3 Å². The molecule has 11 nitrogen and oxygen atoms in total. The molecule has 0 unspecified atom stereocenters. The first-order chi connectivity index (χ1) is 20.8. The summed E-state index contributed by atoms with van der Waals surface area (Å²) in [6.45, 7) is 6.44. The van der Waals surface area contributed by atoms with Crippen LogP contribution < -0.4 is 10.6 Å². The van der Waals surface area contributed by atoms with E-state index in [9.17, 15) is 19.2 Å². The summed E-state index contributed by atoms with van der Waals surface area (Å²) in [6, 6.07) is 16.1. The summed E-state index contributed by atoms with van der Waals surface area (Å²) in [5, 5.41) is 8.64. The summed E-state index contributed by atoms with van der Waals surface area (Å²) in [6.07, 6.45) is 6.43. The Hall–Kier alpha value is -4.82. The molecule has 0 aliphatic carbocycles. The molecular weight excluding hydrogens is 548 g/mol. The van der Waals surface area contributed by atoms with Crippen LogP contribution in [-0.2, 0) is 27.4 Å². The van der Waals surface area contributed by atoms with Crippen LogP contribution in [0.5, 0.6) is 0 Å². The van der Waals surface area contributed by atoms with E-state index in [4.69, 9.17) is 11.2 Å². The number of nitrogens with zero attached hydrogens (tertiary/aromatic N) is 4. The third kappa shape index (κ3) is 7.93. The minimum absolute atomic E-state index is 0.0438. The van der Waals surface area contributed by atoms with Gasteiger partial charge in [-0.1, -0.05) is 78.7 Å². The largest absolute Gasteiger partial charge is 0.445 e. The lowest BCUT2D eigenvalue weighted by atomic mass is 10.0. The van der Waals surface area contributed by atoms with Crippen LogP contribution in [0.25, 0.3) is 0 Å². The van der Waals surface area contributed by atoms with Gasteiger partial charge in [-0.25, -0.2) is 14.6 Å². The third-order valence-corrected chi connectivity index (χ3v) is 7.35. The van der Waals surface area contributed by atoms with Crippen molar-refractivity contribution in [2.75, 3.05) is 32.8 Å². The molecule has 226 valence electrons. The van der Waals surface area contributed by atoms with E-state index in [-0.39, 0.29) is 57.6 Å². The summed E-state index contributed by atoms with van der Waals surface area (Å²) in [7, 11) is 0. The molecule has 2 atom stereocenters. The summed E-state index contributed by atoms with van der Waals surface area (Å²) in [5.74, 6) is 2.04. The summed E-state index contributed by atoms with van der Waals surface area (Å²) >= 11 is 0. The van der Waals surface area contributed by atoms with Crippen molar-refractivity contribution in [1.82, 2.24) is 30.5 Å². The second kappa shape index (κ2) is 14.9. The molecule has 0 aromatic heterocycles. The van der Waals surface area contributed by atoms with Gasteiger partial charge >= 0.3 is 12.1 Å². The van der Waals surface area contributed by atoms with E-state index in [1.165, 1.54) is 16.0 Å². The minimum atomic E-state index is -0.833. The van der Waals surface area contributed by atoms with Crippen LogP contribution in [0.4, 0.5) is 9.59 Å². The minimum Gasteiger partial charge on any atom is -0.445 e. The standard InChI is InChI=1S/C32H38N6O5/c1-4-18-36-23-29(39)37-27(12-9-17-33-32(42)43-19-5-2)30(40)35(21-26-15-13-24(3)14-16-26)22-28(37)38(36)31(41)34-20-25-10-7-6-8-11-25/h1,5-8,10-11,13-16,27-28H,2,9,12,17-23H2,3H3,(H,33,42)(H,34,41)/t27-,28-/m0/s1. The fourth-order valence-corrected chi connectivity index (χ4v) is 5.30. The van der Waals surface area contributed by atoms with Crippen molar-refractivity contribution in [3.63, 3.8) is 0 Å². The van der Waals surface area contributed by atoms with Crippen LogP contribution in [-0.4, -0.2) is 88.7 Å². The SMILES string of the molecule is C#CCN1CC(=O)N2[C@@H](CCCNC(=O)OCC=C)C(=O)N(Cc3ccc(C)cc3)C[C@@H]2N1C(=O)NCc1ccccc1. The Labute approximate surface area is 252 Å². The number of terminal acetylenes is 1. The average Bonchev–Trinajstić information content (AvgIpc) is 3.00. The number of fused-ring (bicyclic) bond motifs is 1. The molecule has 43 heavy (non-hydrogen) atoms. The highest BCUT2D eigenvalue weighted by Gasteiger charge is 2.51. The van der Waals surface area contributed by atoms with Gasteiger partial charge in [0.1, 0.15) is 18.8 Å². The highest BCUT2D eigenvalue weighted by atomic mass is 16.5. The first kappa shape index (κ1) is 31.1. The van der Waals surface area contributed by atoms with Gasteiger partial charge in [-0.3, -0.25) is 9.59 Å².